The minimum absolute atomic E-state index is 0.0258. The molecule has 1 atom stereocenters. The summed E-state index contributed by atoms with van der Waals surface area (Å²) < 4.78 is 0. The van der Waals surface area contributed by atoms with E-state index in [9.17, 15) is 14.4 Å². The van der Waals surface area contributed by atoms with Gasteiger partial charge in [-0.15, -0.1) is 0 Å². The highest BCUT2D eigenvalue weighted by Gasteiger charge is 2.36. The molecule has 0 saturated carbocycles. The molecule has 31 heavy (non-hydrogen) atoms. The maximum atomic E-state index is 13.5. The number of nitrogens with zero attached hydrogens (tertiary/aromatic N) is 2. The number of aryl methyl sites for hydroxylation is 2. The third kappa shape index (κ3) is 4.95. The van der Waals surface area contributed by atoms with Gasteiger partial charge in [0, 0.05) is 44.7 Å². The lowest BCUT2D eigenvalue weighted by Crippen LogP contribution is -2.52. The second-order valence-electron chi connectivity index (χ2n) is 8.49. The van der Waals surface area contributed by atoms with Gasteiger partial charge in [-0.25, -0.2) is 0 Å². The third-order valence-electron chi connectivity index (χ3n) is 5.70. The Morgan fingerprint density at radius 2 is 1.81 bits per heavy atom. The summed E-state index contributed by atoms with van der Waals surface area (Å²) in [5, 5.41) is 2.92. The molecule has 0 fully saturated rings. The van der Waals surface area contributed by atoms with E-state index < -0.39 is 6.04 Å². The van der Waals surface area contributed by atoms with E-state index in [0.29, 0.717) is 30.6 Å². The summed E-state index contributed by atoms with van der Waals surface area (Å²) in [7, 11) is 3.42. The van der Waals surface area contributed by atoms with Crippen molar-refractivity contribution in [1.29, 1.82) is 0 Å². The van der Waals surface area contributed by atoms with Crippen LogP contribution >= 0.6 is 0 Å². The van der Waals surface area contributed by atoms with Gasteiger partial charge in [0.1, 0.15) is 6.04 Å². The van der Waals surface area contributed by atoms with E-state index in [1.54, 1.807) is 19.0 Å². The molecular formula is C25H31N3O3. The first-order valence-corrected chi connectivity index (χ1v) is 10.7. The second-order valence-corrected chi connectivity index (χ2v) is 8.49. The van der Waals surface area contributed by atoms with Gasteiger partial charge in [-0.3, -0.25) is 14.4 Å². The molecule has 1 N–H and O–H groups in total. The predicted molar refractivity (Wildman–Crippen MR) is 122 cm³/mol. The van der Waals surface area contributed by atoms with Gasteiger partial charge in [0.25, 0.3) is 5.91 Å². The molecule has 0 radical (unpaired) electrons. The van der Waals surface area contributed by atoms with Gasteiger partial charge in [-0.1, -0.05) is 30.7 Å². The lowest BCUT2D eigenvalue weighted by Gasteiger charge is -2.37. The lowest BCUT2D eigenvalue weighted by atomic mass is 9.91. The Morgan fingerprint density at radius 3 is 2.45 bits per heavy atom. The molecule has 164 valence electrons. The quantitative estimate of drug-likeness (QED) is 0.800. The molecule has 0 bridgehead atoms. The van der Waals surface area contributed by atoms with E-state index in [0.717, 1.165) is 28.7 Å². The van der Waals surface area contributed by atoms with Crippen LogP contribution < -0.4 is 5.32 Å². The zero-order valence-corrected chi connectivity index (χ0v) is 19.0. The second kappa shape index (κ2) is 9.33. The van der Waals surface area contributed by atoms with Crippen LogP contribution in [0.4, 0.5) is 5.69 Å². The Balaban J connectivity index is 1.96. The molecule has 0 aromatic heterocycles. The normalized spacial score (nSPS) is 15.3. The fourth-order valence-corrected chi connectivity index (χ4v) is 4.05. The average Bonchev–Trinajstić information content (AvgIpc) is 2.71. The first-order chi connectivity index (χ1) is 14.7. The van der Waals surface area contributed by atoms with E-state index in [4.69, 9.17) is 0 Å². The summed E-state index contributed by atoms with van der Waals surface area (Å²) in [6, 6.07) is 10.9. The fraction of sp³-hybridized carbons (Fsp3) is 0.400. The summed E-state index contributed by atoms with van der Waals surface area (Å²) >= 11 is 0. The molecule has 6 nitrogen and oxygen atoms in total. The summed E-state index contributed by atoms with van der Waals surface area (Å²) in [4.78, 5) is 41.7. The Morgan fingerprint density at radius 1 is 1.06 bits per heavy atom. The smallest absolute Gasteiger partial charge is 0.255 e. The zero-order chi connectivity index (χ0) is 22.7. The minimum atomic E-state index is -0.559. The number of likely N-dealkylation sites (N-methyl/N-ethyl adjacent to an activating group) is 1. The molecule has 3 rings (SSSR count). The van der Waals surface area contributed by atoms with Gasteiger partial charge in [-0.05, 0) is 55.2 Å². The number of carbonyl (C=O) groups excluding carboxylic acids is 3. The highest BCUT2D eigenvalue weighted by atomic mass is 16.2. The van der Waals surface area contributed by atoms with E-state index in [1.807, 2.05) is 57.2 Å². The summed E-state index contributed by atoms with van der Waals surface area (Å²) in [6.45, 7) is 6.20. The van der Waals surface area contributed by atoms with Crippen LogP contribution in [0.25, 0.3) is 0 Å². The van der Waals surface area contributed by atoms with Crippen molar-refractivity contribution >= 4 is 23.4 Å². The third-order valence-corrected chi connectivity index (χ3v) is 5.70. The van der Waals surface area contributed by atoms with Crippen molar-refractivity contribution in [2.75, 3.05) is 19.4 Å². The number of carbonyl (C=O) groups is 3. The van der Waals surface area contributed by atoms with E-state index in [2.05, 4.69) is 5.32 Å². The van der Waals surface area contributed by atoms with Crippen molar-refractivity contribution in [2.24, 2.45) is 0 Å². The van der Waals surface area contributed by atoms with Gasteiger partial charge in [-0.2, -0.15) is 0 Å². The van der Waals surface area contributed by atoms with Crippen LogP contribution in [0.15, 0.2) is 36.4 Å². The SMILES string of the molecule is CCCC(=O)Nc1ccc2c(c1)CN(C(=O)c1ccc(C)cc1C)[C@@H](C(=O)N(C)C)C2. The fourth-order valence-electron chi connectivity index (χ4n) is 4.05. The molecule has 0 saturated heterocycles. The van der Waals surface area contributed by atoms with Crippen LogP contribution in [0.3, 0.4) is 0 Å². The predicted octanol–water partition coefficient (Wildman–Crippen LogP) is 3.70. The van der Waals surface area contributed by atoms with Gasteiger partial charge in [0.05, 0.1) is 0 Å². The van der Waals surface area contributed by atoms with Gasteiger partial charge in [0.2, 0.25) is 11.8 Å². The van der Waals surface area contributed by atoms with Crippen LogP contribution in [-0.4, -0.2) is 47.7 Å². The average molecular weight is 422 g/mol. The molecule has 1 heterocycles. The van der Waals surface area contributed by atoms with Crippen molar-refractivity contribution in [2.45, 2.75) is 52.6 Å². The van der Waals surface area contributed by atoms with E-state index in [-0.39, 0.29) is 17.7 Å². The highest BCUT2D eigenvalue weighted by molar-refractivity contribution is 5.99. The van der Waals surface area contributed by atoms with Crippen LogP contribution in [0.1, 0.15) is 52.4 Å². The molecule has 6 heteroatoms. The molecular weight excluding hydrogens is 390 g/mol. The van der Waals surface area contributed by atoms with Crippen molar-refractivity contribution in [3.05, 3.63) is 64.2 Å². The zero-order valence-electron chi connectivity index (χ0n) is 19.0. The number of anilines is 1. The minimum Gasteiger partial charge on any atom is -0.347 e. The Labute approximate surface area is 184 Å². The van der Waals surface area contributed by atoms with Gasteiger partial charge < -0.3 is 15.1 Å². The van der Waals surface area contributed by atoms with E-state index >= 15 is 0 Å². The lowest BCUT2D eigenvalue weighted by molar-refractivity contribution is -0.134. The van der Waals surface area contributed by atoms with Gasteiger partial charge >= 0.3 is 0 Å². The van der Waals surface area contributed by atoms with Crippen molar-refractivity contribution in [3.8, 4) is 0 Å². The standard InChI is InChI=1S/C25H31N3O3/c1-6-7-23(29)26-20-10-9-18-14-22(25(31)27(4)5)28(15-19(18)13-20)24(30)21-11-8-16(2)12-17(21)3/h8-13,22H,6-7,14-15H2,1-5H3,(H,26,29)/t22-/m1/s1. The maximum absolute atomic E-state index is 13.5. The first kappa shape index (κ1) is 22.5. The molecule has 2 aromatic rings. The van der Waals surface area contributed by atoms with Crippen LogP contribution in [0.2, 0.25) is 0 Å². The Hall–Kier alpha value is -3.15. The number of nitrogens with one attached hydrogen (secondary N) is 1. The number of fused-ring (bicyclic) bond motifs is 1. The first-order valence-electron chi connectivity index (χ1n) is 10.7. The maximum Gasteiger partial charge on any atom is 0.255 e. The van der Waals surface area contributed by atoms with Crippen molar-refractivity contribution in [1.82, 2.24) is 9.80 Å². The Bertz CT molecular complexity index is 1010. The number of amides is 3. The molecule has 1 aliphatic rings. The van der Waals surface area contributed by atoms with Crippen LogP contribution in [0, 0.1) is 13.8 Å². The summed E-state index contributed by atoms with van der Waals surface area (Å²) in [5.41, 5.74) is 5.29. The number of hydrogen-bond acceptors (Lipinski definition) is 3. The van der Waals surface area contributed by atoms with Crippen molar-refractivity contribution in [3.63, 3.8) is 0 Å². The summed E-state index contributed by atoms with van der Waals surface area (Å²) in [5.74, 6) is -0.269. The molecule has 0 spiro atoms. The van der Waals surface area contributed by atoms with Crippen molar-refractivity contribution < 1.29 is 14.4 Å². The van der Waals surface area contributed by atoms with Crippen LogP contribution in [0.5, 0.6) is 0 Å². The Kier molecular flexibility index (Phi) is 6.78. The van der Waals surface area contributed by atoms with Gasteiger partial charge in [0.15, 0.2) is 0 Å². The monoisotopic (exact) mass is 421 g/mol. The number of benzene rings is 2. The molecule has 2 aromatic carbocycles. The molecule has 0 unspecified atom stereocenters. The number of rotatable bonds is 5. The summed E-state index contributed by atoms with van der Waals surface area (Å²) in [6.07, 6.45) is 1.70. The van der Waals surface area contributed by atoms with Crippen LogP contribution in [-0.2, 0) is 22.6 Å². The largest absolute Gasteiger partial charge is 0.347 e. The molecule has 1 aliphatic heterocycles. The topological polar surface area (TPSA) is 69.7 Å². The highest BCUT2D eigenvalue weighted by Crippen LogP contribution is 2.29. The molecule has 3 amide bonds. The molecule has 0 aliphatic carbocycles. The number of hydrogen-bond donors (Lipinski definition) is 1. The van der Waals surface area contributed by atoms with E-state index in [1.165, 1.54) is 4.90 Å².